The summed E-state index contributed by atoms with van der Waals surface area (Å²) in [6, 6.07) is 0. The Kier molecular flexibility index (Phi) is 7.87. The number of halogens is 1. The summed E-state index contributed by atoms with van der Waals surface area (Å²) in [4.78, 5) is 0. The van der Waals surface area contributed by atoms with Gasteiger partial charge in [0.1, 0.15) is 0 Å². The van der Waals surface area contributed by atoms with Crippen LogP contribution in [0.25, 0.3) is 0 Å². The summed E-state index contributed by atoms with van der Waals surface area (Å²) in [6.07, 6.45) is 7.51. The first-order valence-corrected chi connectivity index (χ1v) is 3.79. The Morgan fingerprint density at radius 2 is 1.89 bits per heavy atom. The lowest BCUT2D eigenvalue weighted by molar-refractivity contribution is 0.469. The highest BCUT2D eigenvalue weighted by atomic mass is 19.1. The Bertz CT molecular complexity index is 37.8. The van der Waals surface area contributed by atoms with Crippen LogP contribution in [0.5, 0.6) is 0 Å². The molecule has 0 fully saturated rings. The lowest BCUT2D eigenvalue weighted by Crippen LogP contribution is -1.80. The summed E-state index contributed by atoms with van der Waals surface area (Å²) in [5.41, 5.74) is 0. The molecule has 0 atom stereocenters. The third-order valence-corrected chi connectivity index (χ3v) is 1.30. The molecule has 0 saturated carbocycles. The van der Waals surface area contributed by atoms with Gasteiger partial charge in [-0.3, -0.25) is 4.39 Å². The van der Waals surface area contributed by atoms with Crippen molar-refractivity contribution in [2.24, 2.45) is 0 Å². The fourth-order valence-electron chi connectivity index (χ4n) is 0.714. The van der Waals surface area contributed by atoms with E-state index in [1.54, 1.807) is 0 Å². The molecule has 0 aliphatic carbocycles. The number of hydrogen-bond acceptors (Lipinski definition) is 0. The van der Waals surface area contributed by atoms with E-state index in [1.807, 2.05) is 0 Å². The maximum absolute atomic E-state index is 11.5. The lowest BCUT2D eigenvalue weighted by Gasteiger charge is -1.94. The van der Waals surface area contributed by atoms with E-state index in [0.29, 0.717) is 6.42 Å². The maximum Gasteiger partial charge on any atom is 0.0894 e. The molecule has 55 valence electrons. The predicted octanol–water partition coefficient (Wildman–Crippen LogP) is 3.13. The Morgan fingerprint density at radius 1 is 1.22 bits per heavy atom. The molecule has 1 radical (unpaired) electrons. The second-order valence-electron chi connectivity index (χ2n) is 2.26. The van der Waals surface area contributed by atoms with Crippen molar-refractivity contribution in [3.8, 4) is 0 Å². The Balaban J connectivity index is 2.60. The van der Waals surface area contributed by atoms with E-state index in [-0.39, 0.29) is 6.67 Å². The summed E-state index contributed by atoms with van der Waals surface area (Å²) < 4.78 is 11.5. The zero-order valence-electron chi connectivity index (χ0n) is 6.20. The van der Waals surface area contributed by atoms with E-state index < -0.39 is 0 Å². The SMILES string of the molecule is CCCC[CH]CCCF. The molecule has 0 N–H and O–H groups in total. The molecular formula is C8H16F. The molecule has 0 amide bonds. The average Bonchev–Trinajstić information content (AvgIpc) is 1.89. The van der Waals surface area contributed by atoms with E-state index in [1.165, 1.54) is 12.8 Å². The second kappa shape index (κ2) is 7.93. The Labute approximate surface area is 57.5 Å². The molecule has 9 heavy (non-hydrogen) atoms. The van der Waals surface area contributed by atoms with Gasteiger partial charge in [0.25, 0.3) is 0 Å². The van der Waals surface area contributed by atoms with E-state index in [0.717, 1.165) is 12.8 Å². The maximum atomic E-state index is 11.5. The van der Waals surface area contributed by atoms with Crippen LogP contribution >= 0.6 is 0 Å². The standard InChI is InChI=1S/C8H16F/c1-2-3-4-5-6-7-8-9/h5H,2-4,6-8H2,1H3. The van der Waals surface area contributed by atoms with Gasteiger partial charge in [-0.05, 0) is 19.3 Å². The van der Waals surface area contributed by atoms with Gasteiger partial charge in [0, 0.05) is 0 Å². The van der Waals surface area contributed by atoms with Crippen molar-refractivity contribution < 1.29 is 4.39 Å². The minimum Gasteiger partial charge on any atom is -0.251 e. The minimum atomic E-state index is -0.164. The number of hydrogen-bond donors (Lipinski definition) is 0. The van der Waals surface area contributed by atoms with Crippen LogP contribution in [0.15, 0.2) is 0 Å². The molecule has 0 nitrogen and oxygen atoms in total. The van der Waals surface area contributed by atoms with Gasteiger partial charge in [-0.1, -0.05) is 26.2 Å². The molecular weight excluding hydrogens is 115 g/mol. The molecule has 0 saturated heterocycles. The summed E-state index contributed by atoms with van der Waals surface area (Å²) >= 11 is 0. The summed E-state index contributed by atoms with van der Waals surface area (Å²) in [7, 11) is 0. The third-order valence-electron chi connectivity index (χ3n) is 1.30. The van der Waals surface area contributed by atoms with E-state index in [4.69, 9.17) is 0 Å². The van der Waals surface area contributed by atoms with Gasteiger partial charge in [0.2, 0.25) is 0 Å². The topological polar surface area (TPSA) is 0 Å². The van der Waals surface area contributed by atoms with Crippen molar-refractivity contribution in [1.29, 1.82) is 0 Å². The molecule has 0 bridgehead atoms. The summed E-state index contributed by atoms with van der Waals surface area (Å²) in [6.45, 7) is 2.01. The van der Waals surface area contributed by atoms with Crippen LogP contribution in [0.1, 0.15) is 39.0 Å². The smallest absolute Gasteiger partial charge is 0.0894 e. The van der Waals surface area contributed by atoms with Gasteiger partial charge in [-0.15, -0.1) is 0 Å². The molecule has 0 aromatic rings. The number of alkyl halides is 1. The zero-order valence-corrected chi connectivity index (χ0v) is 6.20. The minimum absolute atomic E-state index is 0.164. The van der Waals surface area contributed by atoms with Gasteiger partial charge in [-0.2, -0.15) is 0 Å². The highest BCUT2D eigenvalue weighted by Gasteiger charge is 1.87. The largest absolute Gasteiger partial charge is 0.251 e. The van der Waals surface area contributed by atoms with Crippen LogP contribution in [0.2, 0.25) is 0 Å². The molecule has 0 unspecified atom stereocenters. The molecule has 1 heteroatoms. The Hall–Kier alpha value is -0.0700. The fraction of sp³-hybridized carbons (Fsp3) is 0.875. The predicted molar refractivity (Wildman–Crippen MR) is 39.0 cm³/mol. The van der Waals surface area contributed by atoms with Crippen LogP contribution in [0, 0.1) is 6.42 Å². The van der Waals surface area contributed by atoms with Crippen molar-refractivity contribution in [1.82, 2.24) is 0 Å². The average molecular weight is 131 g/mol. The van der Waals surface area contributed by atoms with Gasteiger partial charge in [-0.25, -0.2) is 0 Å². The van der Waals surface area contributed by atoms with Gasteiger partial charge < -0.3 is 0 Å². The van der Waals surface area contributed by atoms with Crippen molar-refractivity contribution in [3.05, 3.63) is 6.42 Å². The fourth-order valence-corrected chi connectivity index (χ4v) is 0.714. The van der Waals surface area contributed by atoms with Crippen LogP contribution in [0.3, 0.4) is 0 Å². The third kappa shape index (κ3) is 7.93. The second-order valence-corrected chi connectivity index (χ2v) is 2.26. The molecule has 0 aromatic carbocycles. The van der Waals surface area contributed by atoms with Crippen molar-refractivity contribution in [2.75, 3.05) is 6.67 Å². The zero-order chi connectivity index (χ0) is 6.95. The van der Waals surface area contributed by atoms with Gasteiger partial charge in [0.05, 0.1) is 6.67 Å². The first-order valence-electron chi connectivity index (χ1n) is 3.79. The van der Waals surface area contributed by atoms with Crippen LogP contribution in [-0.4, -0.2) is 6.67 Å². The molecule has 0 spiro atoms. The summed E-state index contributed by atoms with van der Waals surface area (Å²) in [5, 5.41) is 0. The first kappa shape index (κ1) is 8.93. The molecule has 0 heterocycles. The highest BCUT2D eigenvalue weighted by molar-refractivity contribution is 4.63. The van der Waals surface area contributed by atoms with Crippen molar-refractivity contribution in [3.63, 3.8) is 0 Å². The quantitative estimate of drug-likeness (QED) is 0.486. The molecule has 0 rings (SSSR count). The van der Waals surface area contributed by atoms with Crippen molar-refractivity contribution >= 4 is 0 Å². The van der Waals surface area contributed by atoms with Crippen LogP contribution in [-0.2, 0) is 0 Å². The van der Waals surface area contributed by atoms with E-state index in [9.17, 15) is 4.39 Å². The molecule has 0 aliphatic heterocycles. The van der Waals surface area contributed by atoms with Crippen molar-refractivity contribution in [2.45, 2.75) is 39.0 Å². The monoisotopic (exact) mass is 131 g/mol. The first-order chi connectivity index (χ1) is 4.41. The molecule has 0 aliphatic rings. The molecule has 0 aromatic heterocycles. The van der Waals surface area contributed by atoms with E-state index in [2.05, 4.69) is 13.3 Å². The van der Waals surface area contributed by atoms with Crippen LogP contribution < -0.4 is 0 Å². The summed E-state index contributed by atoms with van der Waals surface area (Å²) in [5.74, 6) is 0. The number of unbranched alkanes of at least 4 members (excludes halogenated alkanes) is 5. The highest BCUT2D eigenvalue weighted by Crippen LogP contribution is 2.02. The van der Waals surface area contributed by atoms with Gasteiger partial charge >= 0.3 is 0 Å². The van der Waals surface area contributed by atoms with E-state index >= 15 is 0 Å². The van der Waals surface area contributed by atoms with Gasteiger partial charge in [0.15, 0.2) is 0 Å². The lowest BCUT2D eigenvalue weighted by atomic mass is 10.1. The van der Waals surface area contributed by atoms with Crippen LogP contribution in [0.4, 0.5) is 4.39 Å². The number of rotatable bonds is 6. The Morgan fingerprint density at radius 3 is 2.44 bits per heavy atom. The normalized spacial score (nSPS) is 10.0.